The number of nitriles is 1. The minimum atomic E-state index is 0.568. The maximum Gasteiger partial charge on any atom is 0.195 e. The van der Waals surface area contributed by atoms with E-state index in [0.717, 1.165) is 9.48 Å². The fraction of sp³-hybridized carbons (Fsp3) is 0.429. The van der Waals surface area contributed by atoms with E-state index in [0.29, 0.717) is 10.9 Å². The molecule has 2 rings (SSSR count). The summed E-state index contributed by atoms with van der Waals surface area (Å²) in [7, 11) is 0. The van der Waals surface area contributed by atoms with Crippen molar-refractivity contribution < 1.29 is 0 Å². The molecule has 0 amide bonds. The molecule has 56 valence electrons. The van der Waals surface area contributed by atoms with E-state index in [4.69, 9.17) is 5.26 Å². The highest BCUT2D eigenvalue weighted by Gasteiger charge is 2.28. The van der Waals surface area contributed by atoms with Crippen molar-refractivity contribution in [2.75, 3.05) is 0 Å². The lowest BCUT2D eigenvalue weighted by atomic mass is 10.3. The zero-order valence-electron chi connectivity index (χ0n) is 5.67. The second-order valence-electron chi connectivity index (χ2n) is 2.56. The summed E-state index contributed by atoms with van der Waals surface area (Å²) in [4.78, 5) is 4.20. The second kappa shape index (κ2) is 2.58. The lowest BCUT2D eigenvalue weighted by molar-refractivity contribution is 1.03. The molecule has 0 aromatic carbocycles. The van der Waals surface area contributed by atoms with Gasteiger partial charge in [-0.15, -0.1) is 0 Å². The Morgan fingerprint density at radius 1 is 1.64 bits per heavy atom. The average molecular weight is 229 g/mol. The molecular formula is C7H5BrN2S. The van der Waals surface area contributed by atoms with Gasteiger partial charge in [0.25, 0.3) is 0 Å². The van der Waals surface area contributed by atoms with Crippen LogP contribution in [0, 0.1) is 11.3 Å². The van der Waals surface area contributed by atoms with E-state index in [9.17, 15) is 0 Å². The molecule has 0 aliphatic heterocycles. The van der Waals surface area contributed by atoms with Gasteiger partial charge in [-0.3, -0.25) is 0 Å². The second-order valence-corrected chi connectivity index (χ2v) is 4.88. The van der Waals surface area contributed by atoms with Crippen LogP contribution in [-0.2, 0) is 0 Å². The summed E-state index contributed by atoms with van der Waals surface area (Å²) >= 11 is 4.83. The number of thiazole rings is 1. The van der Waals surface area contributed by atoms with Crippen LogP contribution in [0.2, 0.25) is 0 Å². The summed E-state index contributed by atoms with van der Waals surface area (Å²) in [6, 6.07) is 2.05. The number of halogens is 1. The summed E-state index contributed by atoms with van der Waals surface area (Å²) < 4.78 is 1.04. The number of hydrogen-bond donors (Lipinski definition) is 0. The Morgan fingerprint density at radius 3 is 2.82 bits per heavy atom. The van der Waals surface area contributed by atoms with Gasteiger partial charge in [0.2, 0.25) is 0 Å². The predicted molar refractivity (Wildman–Crippen MR) is 46.5 cm³/mol. The molecule has 11 heavy (non-hydrogen) atoms. The van der Waals surface area contributed by atoms with Crippen molar-refractivity contribution in [3.63, 3.8) is 0 Å². The van der Waals surface area contributed by atoms with E-state index in [1.54, 1.807) is 0 Å². The predicted octanol–water partition coefficient (Wildman–Crippen LogP) is 2.65. The van der Waals surface area contributed by atoms with Gasteiger partial charge in [-0.2, -0.15) is 5.26 Å². The molecule has 1 aliphatic rings. The molecule has 0 radical (unpaired) electrons. The van der Waals surface area contributed by atoms with Crippen molar-refractivity contribution in [2.45, 2.75) is 18.8 Å². The molecule has 1 aromatic heterocycles. The molecule has 2 nitrogen and oxygen atoms in total. The highest BCUT2D eigenvalue weighted by atomic mass is 79.9. The molecular weight excluding hydrogens is 224 g/mol. The summed E-state index contributed by atoms with van der Waals surface area (Å²) in [5.74, 6) is 0.628. The number of rotatable bonds is 1. The largest absolute Gasteiger partial charge is 0.229 e. The van der Waals surface area contributed by atoms with Gasteiger partial charge in [-0.05, 0) is 28.8 Å². The highest BCUT2D eigenvalue weighted by molar-refractivity contribution is 9.11. The van der Waals surface area contributed by atoms with Gasteiger partial charge in [-0.25, -0.2) is 4.98 Å². The van der Waals surface area contributed by atoms with E-state index in [1.165, 1.54) is 24.2 Å². The van der Waals surface area contributed by atoms with Crippen molar-refractivity contribution >= 4 is 27.3 Å². The molecule has 1 aromatic rings. The zero-order valence-corrected chi connectivity index (χ0v) is 8.07. The third kappa shape index (κ3) is 1.31. The van der Waals surface area contributed by atoms with Crippen LogP contribution in [0.1, 0.15) is 29.5 Å². The Bertz CT molecular complexity index is 322. The summed E-state index contributed by atoms with van der Waals surface area (Å²) in [6.07, 6.45) is 2.46. The summed E-state index contributed by atoms with van der Waals surface area (Å²) in [6.45, 7) is 0. The maximum absolute atomic E-state index is 8.55. The van der Waals surface area contributed by atoms with Crippen LogP contribution < -0.4 is 0 Å². The Labute approximate surface area is 77.0 Å². The molecule has 4 heteroatoms. The lowest BCUT2D eigenvalue weighted by Gasteiger charge is -1.86. The fourth-order valence-electron chi connectivity index (χ4n) is 0.970. The summed E-state index contributed by atoms with van der Waals surface area (Å²) in [5.41, 5.74) is 1.09. The van der Waals surface area contributed by atoms with Crippen LogP contribution in [0.3, 0.4) is 0 Å². The third-order valence-corrected chi connectivity index (χ3v) is 3.33. The quantitative estimate of drug-likeness (QED) is 0.742. The fourth-order valence-corrected chi connectivity index (χ4v) is 2.52. The van der Waals surface area contributed by atoms with Crippen LogP contribution >= 0.6 is 27.3 Å². The Hall–Kier alpha value is -0.400. The van der Waals surface area contributed by atoms with Gasteiger partial charge in [0.1, 0.15) is 6.07 Å². The summed E-state index contributed by atoms with van der Waals surface area (Å²) in [5, 5.41) is 9.12. The SMILES string of the molecule is N#Cc1nc(C2CC2)c(Br)s1. The number of nitrogens with zero attached hydrogens (tertiary/aromatic N) is 2. The first-order chi connectivity index (χ1) is 5.31. The van der Waals surface area contributed by atoms with Gasteiger partial charge in [0.15, 0.2) is 5.01 Å². The van der Waals surface area contributed by atoms with Gasteiger partial charge >= 0.3 is 0 Å². The Kier molecular flexibility index (Phi) is 1.70. The van der Waals surface area contributed by atoms with Crippen molar-refractivity contribution in [3.8, 4) is 6.07 Å². The normalized spacial score (nSPS) is 16.4. The molecule has 0 spiro atoms. The first-order valence-electron chi connectivity index (χ1n) is 3.37. The number of hydrogen-bond acceptors (Lipinski definition) is 3. The average Bonchev–Trinajstić information content (AvgIpc) is 2.76. The van der Waals surface area contributed by atoms with Crippen LogP contribution in [0.25, 0.3) is 0 Å². The zero-order chi connectivity index (χ0) is 7.84. The van der Waals surface area contributed by atoms with Crippen LogP contribution in [0.4, 0.5) is 0 Å². The minimum absolute atomic E-state index is 0.568. The van der Waals surface area contributed by atoms with Crippen molar-refractivity contribution in [2.24, 2.45) is 0 Å². The molecule has 0 N–H and O–H groups in total. The molecule has 1 aliphatic carbocycles. The third-order valence-electron chi connectivity index (χ3n) is 1.67. The highest BCUT2D eigenvalue weighted by Crippen LogP contribution is 2.44. The van der Waals surface area contributed by atoms with Crippen LogP contribution in [0.5, 0.6) is 0 Å². The smallest absolute Gasteiger partial charge is 0.195 e. The molecule has 1 fully saturated rings. The molecule has 0 atom stereocenters. The van der Waals surface area contributed by atoms with Crippen LogP contribution in [-0.4, -0.2) is 4.98 Å². The first kappa shape index (κ1) is 7.26. The monoisotopic (exact) mass is 228 g/mol. The Morgan fingerprint density at radius 2 is 2.36 bits per heavy atom. The molecule has 1 heterocycles. The maximum atomic E-state index is 8.55. The van der Waals surface area contributed by atoms with Gasteiger partial charge in [-0.1, -0.05) is 11.3 Å². The molecule has 0 bridgehead atoms. The van der Waals surface area contributed by atoms with E-state index in [1.807, 2.05) is 6.07 Å². The number of aromatic nitrogens is 1. The van der Waals surface area contributed by atoms with E-state index >= 15 is 0 Å². The molecule has 0 unspecified atom stereocenters. The first-order valence-corrected chi connectivity index (χ1v) is 4.98. The van der Waals surface area contributed by atoms with Gasteiger partial charge in [0, 0.05) is 5.92 Å². The van der Waals surface area contributed by atoms with Crippen LogP contribution in [0.15, 0.2) is 3.79 Å². The topological polar surface area (TPSA) is 36.7 Å². The molecule has 0 saturated heterocycles. The minimum Gasteiger partial charge on any atom is -0.229 e. The van der Waals surface area contributed by atoms with E-state index < -0.39 is 0 Å². The van der Waals surface area contributed by atoms with Crippen molar-refractivity contribution in [1.82, 2.24) is 4.98 Å². The van der Waals surface area contributed by atoms with Gasteiger partial charge < -0.3 is 0 Å². The van der Waals surface area contributed by atoms with E-state index in [2.05, 4.69) is 20.9 Å². The Balaban J connectivity index is 2.40. The van der Waals surface area contributed by atoms with Crippen molar-refractivity contribution in [3.05, 3.63) is 14.5 Å². The standard InChI is InChI=1S/C7H5BrN2S/c8-7-6(4-1-2-4)10-5(3-9)11-7/h4H,1-2H2. The van der Waals surface area contributed by atoms with Crippen molar-refractivity contribution in [1.29, 1.82) is 5.26 Å². The lowest BCUT2D eigenvalue weighted by Crippen LogP contribution is -1.79. The molecule has 1 saturated carbocycles. The van der Waals surface area contributed by atoms with E-state index in [-0.39, 0.29) is 0 Å². The van der Waals surface area contributed by atoms with Gasteiger partial charge in [0.05, 0.1) is 9.48 Å².